The van der Waals surface area contributed by atoms with Crippen molar-refractivity contribution >= 4 is 17.2 Å². The molecule has 4 heteroatoms. The lowest BCUT2D eigenvalue weighted by atomic mass is 10.0. The first-order chi connectivity index (χ1) is 6.54. The molecule has 1 heterocycles. The van der Waals surface area contributed by atoms with Gasteiger partial charge in [-0.15, -0.1) is 11.3 Å². The van der Waals surface area contributed by atoms with Crippen LogP contribution in [0, 0.1) is 5.92 Å². The molecule has 78 valence electrons. The van der Waals surface area contributed by atoms with Crippen LogP contribution >= 0.6 is 11.3 Å². The molecule has 0 aromatic carbocycles. The number of hydrogen-bond donors (Lipinski definition) is 1. The van der Waals surface area contributed by atoms with Gasteiger partial charge in [0.1, 0.15) is 0 Å². The molecule has 2 atom stereocenters. The zero-order valence-corrected chi connectivity index (χ0v) is 9.41. The number of carbonyl (C=O) groups excluding carboxylic acids is 1. The van der Waals surface area contributed by atoms with Gasteiger partial charge in [0.15, 0.2) is 0 Å². The first kappa shape index (κ1) is 11.2. The molecule has 1 rings (SSSR count). The molecule has 0 radical (unpaired) electrons. The molecule has 0 aliphatic heterocycles. The molecule has 0 saturated carbocycles. The summed E-state index contributed by atoms with van der Waals surface area (Å²) in [6.07, 6.45) is -0.690. The van der Waals surface area contributed by atoms with Gasteiger partial charge in [-0.1, -0.05) is 13.0 Å². The molecule has 0 fully saturated rings. The largest absolute Gasteiger partial charge is 0.387 e. The third kappa shape index (κ3) is 2.33. The Balaban J connectivity index is 2.70. The van der Waals surface area contributed by atoms with Crippen molar-refractivity contribution in [2.75, 3.05) is 14.1 Å². The Morgan fingerprint density at radius 3 is 2.64 bits per heavy atom. The van der Waals surface area contributed by atoms with Gasteiger partial charge >= 0.3 is 0 Å². The summed E-state index contributed by atoms with van der Waals surface area (Å²) in [4.78, 5) is 13.9. The summed E-state index contributed by atoms with van der Waals surface area (Å²) in [5.41, 5.74) is 0. The fourth-order valence-corrected chi connectivity index (χ4v) is 2.06. The van der Waals surface area contributed by atoms with E-state index in [4.69, 9.17) is 0 Å². The van der Waals surface area contributed by atoms with Crippen LogP contribution in [-0.2, 0) is 4.79 Å². The minimum Gasteiger partial charge on any atom is -0.387 e. The van der Waals surface area contributed by atoms with Crippen molar-refractivity contribution in [3.8, 4) is 0 Å². The quantitative estimate of drug-likeness (QED) is 0.826. The minimum absolute atomic E-state index is 0.0501. The molecule has 1 aromatic heterocycles. The number of thiophene rings is 1. The predicted octanol–water partition coefficient (Wildman–Crippen LogP) is 1.51. The number of aliphatic hydroxyl groups excluding tert-OH is 1. The molecular weight excluding hydrogens is 198 g/mol. The summed E-state index contributed by atoms with van der Waals surface area (Å²) in [6, 6.07) is 3.71. The maximum Gasteiger partial charge on any atom is 0.227 e. The summed E-state index contributed by atoms with van der Waals surface area (Å²) >= 11 is 1.47. The minimum atomic E-state index is -0.690. The summed E-state index contributed by atoms with van der Waals surface area (Å²) in [6.45, 7) is 1.74. The zero-order chi connectivity index (χ0) is 10.7. The Bertz CT molecular complexity index is 295. The molecule has 0 aliphatic carbocycles. The highest BCUT2D eigenvalue weighted by molar-refractivity contribution is 7.10. The molecular formula is C10H15NO2S. The van der Waals surface area contributed by atoms with Gasteiger partial charge in [0.05, 0.1) is 12.0 Å². The van der Waals surface area contributed by atoms with Gasteiger partial charge in [-0.2, -0.15) is 0 Å². The normalized spacial score (nSPS) is 14.9. The second kappa shape index (κ2) is 4.57. The number of hydrogen-bond acceptors (Lipinski definition) is 3. The summed E-state index contributed by atoms with van der Waals surface area (Å²) < 4.78 is 0. The Labute approximate surface area is 88.0 Å². The van der Waals surface area contributed by atoms with Crippen molar-refractivity contribution < 1.29 is 9.90 Å². The molecule has 1 amide bonds. The maximum absolute atomic E-state index is 11.6. The van der Waals surface area contributed by atoms with E-state index in [-0.39, 0.29) is 11.8 Å². The van der Waals surface area contributed by atoms with Crippen LogP contribution in [0.4, 0.5) is 0 Å². The van der Waals surface area contributed by atoms with Gasteiger partial charge < -0.3 is 10.0 Å². The third-order valence-corrected chi connectivity index (χ3v) is 3.08. The Morgan fingerprint density at radius 2 is 2.21 bits per heavy atom. The molecule has 0 aliphatic rings. The zero-order valence-electron chi connectivity index (χ0n) is 8.60. The van der Waals surface area contributed by atoms with E-state index in [1.165, 1.54) is 16.2 Å². The van der Waals surface area contributed by atoms with Crippen molar-refractivity contribution in [3.63, 3.8) is 0 Å². The van der Waals surface area contributed by atoms with Gasteiger partial charge in [0.2, 0.25) is 5.91 Å². The van der Waals surface area contributed by atoms with Crippen LogP contribution < -0.4 is 0 Å². The lowest BCUT2D eigenvalue weighted by Gasteiger charge is -2.20. The number of amides is 1. The van der Waals surface area contributed by atoms with Crippen LogP contribution in [0.2, 0.25) is 0 Å². The topological polar surface area (TPSA) is 40.5 Å². The van der Waals surface area contributed by atoms with E-state index in [0.717, 1.165) is 4.88 Å². The lowest BCUT2D eigenvalue weighted by Crippen LogP contribution is -2.31. The van der Waals surface area contributed by atoms with Crippen molar-refractivity contribution in [2.24, 2.45) is 5.92 Å². The third-order valence-electron chi connectivity index (χ3n) is 2.14. The molecule has 14 heavy (non-hydrogen) atoms. The predicted molar refractivity (Wildman–Crippen MR) is 57.1 cm³/mol. The van der Waals surface area contributed by atoms with E-state index in [9.17, 15) is 9.90 Å². The highest BCUT2D eigenvalue weighted by Gasteiger charge is 2.25. The van der Waals surface area contributed by atoms with Crippen molar-refractivity contribution in [3.05, 3.63) is 22.4 Å². The number of aliphatic hydroxyl groups is 1. The Hall–Kier alpha value is -0.870. The first-order valence-electron chi connectivity index (χ1n) is 4.46. The number of carbonyl (C=O) groups is 1. The van der Waals surface area contributed by atoms with Gasteiger partial charge in [-0.25, -0.2) is 0 Å². The van der Waals surface area contributed by atoms with E-state index in [0.29, 0.717) is 0 Å². The highest BCUT2D eigenvalue weighted by atomic mass is 32.1. The van der Waals surface area contributed by atoms with Crippen molar-refractivity contribution in [1.29, 1.82) is 0 Å². The molecule has 1 N–H and O–H groups in total. The van der Waals surface area contributed by atoms with Crippen LogP contribution in [0.3, 0.4) is 0 Å². The van der Waals surface area contributed by atoms with E-state index < -0.39 is 6.10 Å². The monoisotopic (exact) mass is 213 g/mol. The molecule has 0 spiro atoms. The average Bonchev–Trinajstić information content (AvgIpc) is 2.67. The Morgan fingerprint density at radius 1 is 1.57 bits per heavy atom. The van der Waals surface area contributed by atoms with Gasteiger partial charge in [0.25, 0.3) is 0 Å². The standard InChI is InChI=1S/C10H15NO2S/c1-7(10(13)11(2)3)9(12)8-5-4-6-14-8/h4-7,9,12H,1-3H3/t7-,9-/m0/s1. The summed E-state index contributed by atoms with van der Waals surface area (Å²) in [5, 5.41) is 11.8. The van der Waals surface area contributed by atoms with Gasteiger partial charge in [0, 0.05) is 19.0 Å². The van der Waals surface area contributed by atoms with Crippen LogP contribution in [0.25, 0.3) is 0 Å². The van der Waals surface area contributed by atoms with E-state index in [1.807, 2.05) is 17.5 Å². The molecule has 0 saturated heterocycles. The Kier molecular flexibility index (Phi) is 3.66. The van der Waals surface area contributed by atoms with Crippen molar-refractivity contribution in [1.82, 2.24) is 4.90 Å². The molecule has 1 aromatic rings. The van der Waals surface area contributed by atoms with Crippen LogP contribution in [-0.4, -0.2) is 30.0 Å². The second-order valence-electron chi connectivity index (χ2n) is 3.48. The highest BCUT2D eigenvalue weighted by Crippen LogP contribution is 2.26. The first-order valence-corrected chi connectivity index (χ1v) is 5.34. The lowest BCUT2D eigenvalue weighted by molar-refractivity contribution is -0.136. The fraction of sp³-hybridized carbons (Fsp3) is 0.500. The molecule has 0 unspecified atom stereocenters. The molecule has 0 bridgehead atoms. The SMILES string of the molecule is C[C@H](C(=O)N(C)C)[C@H](O)c1cccs1. The maximum atomic E-state index is 11.6. The fourth-order valence-electron chi connectivity index (χ4n) is 1.25. The second-order valence-corrected chi connectivity index (χ2v) is 4.46. The van der Waals surface area contributed by atoms with Gasteiger partial charge in [-0.3, -0.25) is 4.79 Å². The van der Waals surface area contributed by atoms with Gasteiger partial charge in [-0.05, 0) is 11.4 Å². The van der Waals surface area contributed by atoms with Crippen LogP contribution in [0.1, 0.15) is 17.9 Å². The van der Waals surface area contributed by atoms with Crippen LogP contribution in [0.15, 0.2) is 17.5 Å². The van der Waals surface area contributed by atoms with E-state index in [1.54, 1.807) is 21.0 Å². The van der Waals surface area contributed by atoms with Crippen LogP contribution in [0.5, 0.6) is 0 Å². The van der Waals surface area contributed by atoms with E-state index >= 15 is 0 Å². The van der Waals surface area contributed by atoms with E-state index in [2.05, 4.69) is 0 Å². The smallest absolute Gasteiger partial charge is 0.227 e. The number of nitrogens with zero attached hydrogens (tertiary/aromatic N) is 1. The van der Waals surface area contributed by atoms with Crippen molar-refractivity contribution in [2.45, 2.75) is 13.0 Å². The summed E-state index contributed by atoms with van der Waals surface area (Å²) in [5.74, 6) is -0.436. The summed E-state index contributed by atoms with van der Waals surface area (Å²) in [7, 11) is 3.39. The molecule has 3 nitrogen and oxygen atoms in total. The number of rotatable bonds is 3. The average molecular weight is 213 g/mol.